The van der Waals surface area contributed by atoms with Crippen LogP contribution in [0.25, 0.3) is 6.08 Å². The third kappa shape index (κ3) is 5.61. The van der Waals surface area contributed by atoms with Crippen LogP contribution in [0.3, 0.4) is 0 Å². The number of carbonyl (C=O) groups is 1. The number of non-ortho nitro benzene ring substituents is 1. The second-order valence-corrected chi connectivity index (χ2v) is 5.89. The third-order valence-electron chi connectivity index (χ3n) is 3.08. The fraction of sp³-hybridized carbons (Fsp3) is 0.167. The van der Waals surface area contributed by atoms with Crippen molar-refractivity contribution in [2.24, 2.45) is 0 Å². The Labute approximate surface area is 150 Å². The molecule has 25 heavy (non-hydrogen) atoms. The van der Waals surface area contributed by atoms with Gasteiger partial charge in [0.25, 0.3) is 5.69 Å². The molecular formula is C18H17ClN2O4. The van der Waals surface area contributed by atoms with E-state index in [0.29, 0.717) is 5.69 Å². The summed E-state index contributed by atoms with van der Waals surface area (Å²) in [7, 11) is 0. The number of benzene rings is 2. The second-order valence-electron chi connectivity index (χ2n) is 5.48. The number of nitrogens with one attached hydrogen (secondary N) is 1. The Balaban J connectivity index is 2.05. The Kier molecular flexibility index (Phi) is 6.14. The van der Waals surface area contributed by atoms with Gasteiger partial charge >= 0.3 is 0 Å². The highest BCUT2D eigenvalue weighted by Gasteiger charge is 2.10. The molecule has 0 atom stereocenters. The highest BCUT2D eigenvalue weighted by atomic mass is 35.5. The first kappa shape index (κ1) is 18.5. The summed E-state index contributed by atoms with van der Waals surface area (Å²) in [6, 6.07) is 11.2. The van der Waals surface area contributed by atoms with Crippen LogP contribution in [0.4, 0.5) is 11.4 Å². The van der Waals surface area contributed by atoms with Crippen molar-refractivity contribution in [2.75, 3.05) is 5.32 Å². The van der Waals surface area contributed by atoms with E-state index in [1.54, 1.807) is 6.08 Å². The minimum Gasteiger partial charge on any atom is -0.491 e. The second kappa shape index (κ2) is 8.30. The van der Waals surface area contributed by atoms with Crippen LogP contribution in [0.15, 0.2) is 48.5 Å². The molecule has 1 N–H and O–H groups in total. The number of anilines is 1. The zero-order chi connectivity index (χ0) is 18.4. The van der Waals surface area contributed by atoms with Crippen LogP contribution in [-0.2, 0) is 4.79 Å². The molecule has 2 aromatic rings. The van der Waals surface area contributed by atoms with Crippen LogP contribution in [0.1, 0.15) is 19.4 Å². The maximum Gasteiger partial charge on any atom is 0.271 e. The predicted octanol–water partition coefficient (Wildman–Crippen LogP) is 4.69. The topological polar surface area (TPSA) is 81.5 Å². The van der Waals surface area contributed by atoms with E-state index in [0.717, 1.165) is 11.3 Å². The van der Waals surface area contributed by atoms with Gasteiger partial charge in [-0.3, -0.25) is 14.9 Å². The first-order valence-corrected chi connectivity index (χ1v) is 7.92. The molecule has 0 saturated carbocycles. The highest BCUT2D eigenvalue weighted by Crippen LogP contribution is 2.26. The van der Waals surface area contributed by atoms with Gasteiger partial charge < -0.3 is 10.1 Å². The number of nitro groups is 1. The van der Waals surface area contributed by atoms with E-state index in [2.05, 4.69) is 5.32 Å². The molecule has 0 saturated heterocycles. The largest absolute Gasteiger partial charge is 0.491 e. The summed E-state index contributed by atoms with van der Waals surface area (Å²) in [6.45, 7) is 3.87. The number of ether oxygens (including phenoxy) is 1. The quantitative estimate of drug-likeness (QED) is 0.460. The van der Waals surface area contributed by atoms with E-state index in [-0.39, 0.29) is 16.8 Å². The van der Waals surface area contributed by atoms with E-state index in [9.17, 15) is 14.9 Å². The summed E-state index contributed by atoms with van der Waals surface area (Å²) in [5.74, 6) is 0.321. The molecule has 130 valence electrons. The van der Waals surface area contributed by atoms with Gasteiger partial charge in [0.1, 0.15) is 5.75 Å². The average Bonchev–Trinajstić information content (AvgIpc) is 2.54. The molecule has 0 fully saturated rings. The highest BCUT2D eigenvalue weighted by molar-refractivity contribution is 6.34. The summed E-state index contributed by atoms with van der Waals surface area (Å²) < 4.78 is 5.60. The van der Waals surface area contributed by atoms with E-state index in [4.69, 9.17) is 16.3 Å². The van der Waals surface area contributed by atoms with Crippen molar-refractivity contribution in [3.05, 3.63) is 69.2 Å². The van der Waals surface area contributed by atoms with Crippen molar-refractivity contribution in [3.8, 4) is 5.75 Å². The molecule has 0 aliphatic carbocycles. The fourth-order valence-electron chi connectivity index (χ4n) is 2.03. The molecule has 0 aliphatic heterocycles. The Morgan fingerprint density at radius 1 is 1.28 bits per heavy atom. The van der Waals surface area contributed by atoms with Gasteiger partial charge in [0.2, 0.25) is 5.91 Å². The number of nitrogens with zero attached hydrogens (tertiary/aromatic N) is 1. The van der Waals surface area contributed by atoms with Crippen LogP contribution in [0.2, 0.25) is 5.02 Å². The summed E-state index contributed by atoms with van der Waals surface area (Å²) in [5.41, 5.74) is 0.974. The molecule has 0 bridgehead atoms. The lowest BCUT2D eigenvalue weighted by Gasteiger charge is -2.09. The van der Waals surface area contributed by atoms with E-state index in [1.807, 2.05) is 38.1 Å². The van der Waals surface area contributed by atoms with Gasteiger partial charge in [-0.1, -0.05) is 23.7 Å². The Hall–Kier alpha value is -2.86. The normalized spacial score (nSPS) is 10.9. The molecule has 2 rings (SSSR count). The molecule has 0 aromatic heterocycles. The SMILES string of the molecule is CC(C)Oc1cccc(/C=C/C(=O)Nc2ccc([N+](=O)[O-])cc2Cl)c1. The summed E-state index contributed by atoms with van der Waals surface area (Å²) >= 11 is 5.94. The smallest absolute Gasteiger partial charge is 0.271 e. The lowest BCUT2D eigenvalue weighted by atomic mass is 10.2. The maximum absolute atomic E-state index is 12.0. The monoisotopic (exact) mass is 360 g/mol. The minimum absolute atomic E-state index is 0.0619. The van der Waals surface area contributed by atoms with Crippen molar-refractivity contribution in [1.82, 2.24) is 0 Å². The molecule has 0 heterocycles. The molecule has 7 heteroatoms. The van der Waals surface area contributed by atoms with Crippen molar-refractivity contribution in [3.63, 3.8) is 0 Å². The minimum atomic E-state index is -0.552. The van der Waals surface area contributed by atoms with Gasteiger partial charge in [-0.05, 0) is 43.7 Å². The maximum atomic E-state index is 12.0. The number of hydrogen-bond acceptors (Lipinski definition) is 4. The Morgan fingerprint density at radius 2 is 2.04 bits per heavy atom. The first-order chi connectivity index (χ1) is 11.8. The van der Waals surface area contributed by atoms with Gasteiger partial charge in [0.15, 0.2) is 0 Å². The molecule has 0 radical (unpaired) electrons. The number of hydrogen-bond donors (Lipinski definition) is 1. The zero-order valence-electron chi connectivity index (χ0n) is 13.7. The number of nitro benzene ring substituents is 1. The summed E-state index contributed by atoms with van der Waals surface area (Å²) in [4.78, 5) is 22.1. The fourth-order valence-corrected chi connectivity index (χ4v) is 2.25. The summed E-state index contributed by atoms with van der Waals surface area (Å²) in [5, 5.41) is 13.4. The number of rotatable bonds is 6. The molecule has 1 amide bonds. The lowest BCUT2D eigenvalue weighted by Crippen LogP contribution is -2.08. The molecule has 0 aliphatic rings. The van der Waals surface area contributed by atoms with Crippen molar-refractivity contribution < 1.29 is 14.5 Å². The standard InChI is InChI=1S/C18H17ClN2O4/c1-12(2)25-15-5-3-4-13(10-15)6-9-18(22)20-17-8-7-14(21(23)24)11-16(17)19/h3-12H,1-2H3,(H,20,22)/b9-6+. The first-order valence-electron chi connectivity index (χ1n) is 7.55. The van der Waals surface area contributed by atoms with Crippen LogP contribution in [0.5, 0.6) is 5.75 Å². The number of amides is 1. The van der Waals surface area contributed by atoms with Gasteiger partial charge in [0.05, 0.1) is 21.7 Å². The summed E-state index contributed by atoms with van der Waals surface area (Å²) in [6.07, 6.45) is 3.06. The Morgan fingerprint density at radius 3 is 2.68 bits per heavy atom. The molecule has 2 aromatic carbocycles. The van der Waals surface area contributed by atoms with Crippen LogP contribution in [0, 0.1) is 10.1 Å². The lowest BCUT2D eigenvalue weighted by molar-refractivity contribution is -0.384. The molecule has 0 spiro atoms. The number of carbonyl (C=O) groups excluding carboxylic acids is 1. The van der Waals surface area contributed by atoms with E-state index < -0.39 is 10.8 Å². The van der Waals surface area contributed by atoms with Crippen LogP contribution in [-0.4, -0.2) is 16.9 Å². The Bertz CT molecular complexity index is 818. The van der Waals surface area contributed by atoms with Gasteiger partial charge in [-0.25, -0.2) is 0 Å². The third-order valence-corrected chi connectivity index (χ3v) is 3.39. The predicted molar refractivity (Wildman–Crippen MR) is 98.0 cm³/mol. The molecule has 0 unspecified atom stereocenters. The molecular weight excluding hydrogens is 344 g/mol. The van der Waals surface area contributed by atoms with Gasteiger partial charge in [0, 0.05) is 18.2 Å². The van der Waals surface area contributed by atoms with Crippen LogP contribution < -0.4 is 10.1 Å². The van der Waals surface area contributed by atoms with E-state index >= 15 is 0 Å². The zero-order valence-corrected chi connectivity index (χ0v) is 14.5. The van der Waals surface area contributed by atoms with Crippen molar-refractivity contribution >= 4 is 35.0 Å². The van der Waals surface area contributed by atoms with Gasteiger partial charge in [-0.2, -0.15) is 0 Å². The van der Waals surface area contributed by atoms with Gasteiger partial charge in [-0.15, -0.1) is 0 Å². The van der Waals surface area contributed by atoms with Crippen molar-refractivity contribution in [1.29, 1.82) is 0 Å². The average molecular weight is 361 g/mol. The van der Waals surface area contributed by atoms with Crippen molar-refractivity contribution in [2.45, 2.75) is 20.0 Å². The number of halogens is 1. The van der Waals surface area contributed by atoms with Crippen LogP contribution >= 0.6 is 11.6 Å². The molecule has 6 nitrogen and oxygen atoms in total. The van der Waals surface area contributed by atoms with E-state index in [1.165, 1.54) is 24.3 Å².